The van der Waals surface area contributed by atoms with Crippen LogP contribution < -0.4 is 9.47 Å². The number of ketones is 1. The summed E-state index contributed by atoms with van der Waals surface area (Å²) >= 11 is 0. The minimum Gasteiger partial charge on any atom is -0.496 e. The second-order valence-electron chi connectivity index (χ2n) is 6.52. The van der Waals surface area contributed by atoms with Crippen LogP contribution in [-0.4, -0.2) is 32.0 Å². The molecule has 4 nitrogen and oxygen atoms in total. The third-order valence-corrected chi connectivity index (χ3v) is 4.30. The molecule has 0 N–H and O–H groups in total. The molecule has 4 heteroatoms. The van der Waals surface area contributed by atoms with E-state index in [4.69, 9.17) is 9.47 Å². The van der Waals surface area contributed by atoms with E-state index < -0.39 is 0 Å². The van der Waals surface area contributed by atoms with Crippen molar-refractivity contribution in [2.45, 2.75) is 33.9 Å². The SMILES string of the molecule is COc1ccc(C(C)=O)cc1CN(C)Cc1cc(C)c(OC)c(C)c1. The van der Waals surface area contributed by atoms with Gasteiger partial charge < -0.3 is 9.47 Å². The summed E-state index contributed by atoms with van der Waals surface area (Å²) in [7, 11) is 5.42. The quantitative estimate of drug-likeness (QED) is 0.709. The Bertz CT molecular complexity index is 745. The molecule has 0 fully saturated rings. The maximum Gasteiger partial charge on any atom is 0.159 e. The van der Waals surface area contributed by atoms with Gasteiger partial charge in [0, 0.05) is 24.2 Å². The van der Waals surface area contributed by atoms with E-state index in [0.717, 1.165) is 34.7 Å². The van der Waals surface area contributed by atoms with Gasteiger partial charge in [0.2, 0.25) is 0 Å². The molecule has 0 unspecified atom stereocenters. The zero-order valence-electron chi connectivity index (χ0n) is 16.0. The Morgan fingerprint density at radius 1 is 1.00 bits per heavy atom. The van der Waals surface area contributed by atoms with Crippen molar-refractivity contribution < 1.29 is 14.3 Å². The second kappa shape index (κ2) is 8.17. The predicted molar refractivity (Wildman–Crippen MR) is 101 cm³/mol. The fourth-order valence-electron chi connectivity index (χ4n) is 3.23. The summed E-state index contributed by atoms with van der Waals surface area (Å²) in [6.45, 7) is 7.22. The normalized spacial score (nSPS) is 10.8. The highest BCUT2D eigenvalue weighted by Crippen LogP contribution is 2.26. The summed E-state index contributed by atoms with van der Waals surface area (Å²) in [6, 6.07) is 9.90. The van der Waals surface area contributed by atoms with Gasteiger partial charge in [-0.3, -0.25) is 9.69 Å². The molecule has 0 aliphatic rings. The van der Waals surface area contributed by atoms with Crippen molar-refractivity contribution in [1.82, 2.24) is 4.90 Å². The summed E-state index contributed by atoms with van der Waals surface area (Å²) in [5, 5.41) is 0. The van der Waals surface area contributed by atoms with Gasteiger partial charge in [-0.05, 0) is 62.7 Å². The van der Waals surface area contributed by atoms with Crippen molar-refractivity contribution in [3.8, 4) is 11.5 Å². The molecule has 0 amide bonds. The van der Waals surface area contributed by atoms with Crippen LogP contribution in [0.5, 0.6) is 11.5 Å². The lowest BCUT2D eigenvalue weighted by atomic mass is 10.0. The number of carbonyl (C=O) groups is 1. The molecular formula is C21H27NO3. The third kappa shape index (κ3) is 4.60. The lowest BCUT2D eigenvalue weighted by Crippen LogP contribution is -2.18. The molecule has 0 aliphatic carbocycles. The Kier molecular flexibility index (Phi) is 6.21. The van der Waals surface area contributed by atoms with Crippen molar-refractivity contribution in [3.63, 3.8) is 0 Å². The molecule has 2 aromatic carbocycles. The van der Waals surface area contributed by atoms with Crippen LogP contribution in [0.1, 0.15) is 39.5 Å². The number of Topliss-reactive ketones (excluding diaryl/α,β-unsaturated/α-hetero) is 1. The molecule has 0 aromatic heterocycles. The van der Waals surface area contributed by atoms with Crippen LogP contribution in [0.15, 0.2) is 30.3 Å². The van der Waals surface area contributed by atoms with Gasteiger partial charge in [0.1, 0.15) is 11.5 Å². The Morgan fingerprint density at radius 3 is 2.16 bits per heavy atom. The topological polar surface area (TPSA) is 38.8 Å². The lowest BCUT2D eigenvalue weighted by molar-refractivity contribution is 0.101. The zero-order chi connectivity index (χ0) is 18.6. The highest BCUT2D eigenvalue weighted by atomic mass is 16.5. The van der Waals surface area contributed by atoms with Gasteiger partial charge in [-0.1, -0.05) is 12.1 Å². The molecule has 0 bridgehead atoms. The molecule has 0 aliphatic heterocycles. The fourth-order valence-corrected chi connectivity index (χ4v) is 3.23. The summed E-state index contributed by atoms with van der Waals surface area (Å²) < 4.78 is 10.9. The first-order valence-corrected chi connectivity index (χ1v) is 8.36. The molecular weight excluding hydrogens is 314 g/mol. The predicted octanol–water partition coefficient (Wildman–Crippen LogP) is 4.16. The second-order valence-corrected chi connectivity index (χ2v) is 6.52. The molecule has 25 heavy (non-hydrogen) atoms. The number of hydrogen-bond donors (Lipinski definition) is 0. The van der Waals surface area contributed by atoms with Gasteiger partial charge in [-0.25, -0.2) is 0 Å². The standard InChI is InChI=1S/C21H27NO3/c1-14-9-17(10-15(2)21(14)25-6)12-22(4)13-19-11-18(16(3)23)7-8-20(19)24-5/h7-11H,12-13H2,1-6H3. The van der Waals surface area contributed by atoms with Gasteiger partial charge in [-0.2, -0.15) is 0 Å². The summed E-state index contributed by atoms with van der Waals surface area (Å²) in [4.78, 5) is 13.9. The molecule has 0 spiro atoms. The number of rotatable bonds is 7. The first kappa shape index (κ1) is 19.0. The average Bonchev–Trinajstić information content (AvgIpc) is 2.54. The van der Waals surface area contributed by atoms with Crippen molar-refractivity contribution in [1.29, 1.82) is 0 Å². The molecule has 0 radical (unpaired) electrons. The van der Waals surface area contributed by atoms with Crippen molar-refractivity contribution in [2.24, 2.45) is 0 Å². The molecule has 134 valence electrons. The van der Waals surface area contributed by atoms with Crippen LogP contribution in [0, 0.1) is 13.8 Å². The number of ether oxygens (including phenoxy) is 2. The van der Waals surface area contributed by atoms with E-state index in [2.05, 4.69) is 37.9 Å². The largest absolute Gasteiger partial charge is 0.496 e. The number of carbonyl (C=O) groups excluding carboxylic acids is 1. The van der Waals surface area contributed by atoms with Crippen LogP contribution >= 0.6 is 0 Å². The number of methoxy groups -OCH3 is 2. The smallest absolute Gasteiger partial charge is 0.159 e. The van der Waals surface area contributed by atoms with E-state index in [1.807, 2.05) is 12.1 Å². The van der Waals surface area contributed by atoms with E-state index in [1.165, 1.54) is 5.56 Å². The Morgan fingerprint density at radius 2 is 1.64 bits per heavy atom. The van der Waals surface area contributed by atoms with Crippen LogP contribution in [0.3, 0.4) is 0 Å². The van der Waals surface area contributed by atoms with Crippen molar-refractivity contribution in [2.75, 3.05) is 21.3 Å². The molecule has 0 atom stereocenters. The molecule has 0 heterocycles. The maximum absolute atomic E-state index is 11.6. The number of hydrogen-bond acceptors (Lipinski definition) is 4. The van der Waals surface area contributed by atoms with Gasteiger partial charge in [0.25, 0.3) is 0 Å². The van der Waals surface area contributed by atoms with E-state index in [-0.39, 0.29) is 5.78 Å². The number of aryl methyl sites for hydroxylation is 2. The zero-order valence-corrected chi connectivity index (χ0v) is 16.0. The minimum absolute atomic E-state index is 0.0629. The first-order valence-electron chi connectivity index (χ1n) is 8.36. The molecule has 2 aromatic rings. The average molecular weight is 341 g/mol. The van der Waals surface area contributed by atoms with Gasteiger partial charge >= 0.3 is 0 Å². The summed E-state index contributed by atoms with van der Waals surface area (Å²) in [5.41, 5.74) is 5.24. The summed E-state index contributed by atoms with van der Waals surface area (Å²) in [5.74, 6) is 1.81. The number of benzene rings is 2. The lowest BCUT2D eigenvalue weighted by Gasteiger charge is -2.20. The Labute approximate surface area is 150 Å². The van der Waals surface area contributed by atoms with E-state index in [0.29, 0.717) is 12.1 Å². The highest BCUT2D eigenvalue weighted by molar-refractivity contribution is 5.94. The maximum atomic E-state index is 11.6. The monoisotopic (exact) mass is 341 g/mol. The van der Waals surface area contributed by atoms with Crippen molar-refractivity contribution >= 4 is 5.78 Å². The Balaban J connectivity index is 2.19. The van der Waals surface area contributed by atoms with Gasteiger partial charge in [0.15, 0.2) is 5.78 Å². The van der Waals surface area contributed by atoms with Gasteiger partial charge in [-0.15, -0.1) is 0 Å². The third-order valence-electron chi connectivity index (χ3n) is 4.30. The van der Waals surface area contributed by atoms with Crippen LogP contribution in [0.25, 0.3) is 0 Å². The highest BCUT2D eigenvalue weighted by Gasteiger charge is 2.12. The van der Waals surface area contributed by atoms with Crippen LogP contribution in [0.2, 0.25) is 0 Å². The van der Waals surface area contributed by atoms with Gasteiger partial charge in [0.05, 0.1) is 14.2 Å². The minimum atomic E-state index is 0.0629. The van der Waals surface area contributed by atoms with Crippen LogP contribution in [-0.2, 0) is 13.1 Å². The Hall–Kier alpha value is -2.33. The first-order chi connectivity index (χ1) is 11.8. The van der Waals surface area contributed by atoms with E-state index in [9.17, 15) is 4.79 Å². The van der Waals surface area contributed by atoms with Crippen LogP contribution in [0.4, 0.5) is 0 Å². The molecule has 2 rings (SSSR count). The number of nitrogens with zero attached hydrogens (tertiary/aromatic N) is 1. The van der Waals surface area contributed by atoms with E-state index >= 15 is 0 Å². The molecule has 0 saturated heterocycles. The van der Waals surface area contributed by atoms with Crippen molar-refractivity contribution in [3.05, 3.63) is 58.1 Å². The van der Waals surface area contributed by atoms with E-state index in [1.54, 1.807) is 27.2 Å². The fraction of sp³-hybridized carbons (Fsp3) is 0.381. The summed E-state index contributed by atoms with van der Waals surface area (Å²) in [6.07, 6.45) is 0. The molecule has 0 saturated carbocycles.